The molecule has 4 nitrogen and oxygen atoms in total. The fraction of sp³-hybridized carbons (Fsp3) is 0.0526. The monoisotopic (exact) mass is 380 g/mol. The number of ketones is 1. The fourth-order valence-corrected chi connectivity index (χ4v) is 2.25. The van der Waals surface area contributed by atoms with E-state index in [1.807, 2.05) is 48.7 Å². The summed E-state index contributed by atoms with van der Waals surface area (Å²) in [6, 6.07) is 20.5. The molecule has 0 unspecified atom stereocenters. The van der Waals surface area contributed by atoms with Gasteiger partial charge in [0.1, 0.15) is 0 Å². The van der Waals surface area contributed by atoms with Crippen molar-refractivity contribution in [2.24, 2.45) is 0 Å². The zero-order valence-electron chi connectivity index (χ0n) is 12.8. The van der Waals surface area contributed by atoms with E-state index in [0.717, 1.165) is 11.3 Å². The lowest BCUT2D eigenvalue weighted by atomic mass is 10.1. The lowest BCUT2D eigenvalue weighted by Crippen LogP contribution is -2.37. The van der Waals surface area contributed by atoms with Gasteiger partial charge in [-0.3, -0.25) is 4.79 Å². The molecule has 0 saturated carbocycles. The van der Waals surface area contributed by atoms with Crippen molar-refractivity contribution in [3.63, 3.8) is 0 Å². The molecular formula is C19H15BrN3O+. The molecule has 0 aliphatic carbocycles. The van der Waals surface area contributed by atoms with Crippen molar-refractivity contribution in [3.05, 3.63) is 84.3 Å². The highest BCUT2D eigenvalue weighted by atomic mass is 79.9. The Morgan fingerprint density at radius 3 is 2.33 bits per heavy atom. The summed E-state index contributed by atoms with van der Waals surface area (Å²) in [5.74, 6) is -0.0197. The molecule has 1 aromatic heterocycles. The summed E-state index contributed by atoms with van der Waals surface area (Å²) in [6.07, 6.45) is 3.50. The number of halogens is 1. The number of hydrogen-bond donors (Lipinski definition) is 0. The molecule has 118 valence electrons. The molecule has 0 amide bonds. The summed E-state index contributed by atoms with van der Waals surface area (Å²) >= 11 is 0. The number of nitrogens with zero attached hydrogens (tertiary/aromatic N) is 3. The van der Waals surface area contributed by atoms with Crippen LogP contribution in [-0.4, -0.2) is 10.8 Å². The normalized spacial score (nSPS) is 9.62. The summed E-state index contributed by atoms with van der Waals surface area (Å²) in [4.78, 5) is 16.6. The lowest BCUT2D eigenvalue weighted by molar-refractivity contribution is -0.686. The van der Waals surface area contributed by atoms with Gasteiger partial charge >= 0.3 is 0 Å². The van der Waals surface area contributed by atoms with Crippen LogP contribution in [0.5, 0.6) is 0 Å². The molecule has 1 heterocycles. The largest absolute Gasteiger partial charge is 0.290 e. The number of Topliss-reactive ketones (excluding diaryl/α,β-unsaturated/α-hetero) is 1. The smallest absolute Gasteiger partial charge is 0.287 e. The fourth-order valence-electron chi connectivity index (χ4n) is 2.25. The molecule has 0 aliphatic rings. The highest BCUT2D eigenvalue weighted by Gasteiger charge is 2.11. The van der Waals surface area contributed by atoms with Gasteiger partial charge < -0.3 is 0 Å². The van der Waals surface area contributed by atoms with Crippen LogP contribution in [0.4, 0.5) is 0 Å². The van der Waals surface area contributed by atoms with Gasteiger partial charge in [-0.1, -0.05) is 30.3 Å². The average Bonchev–Trinajstić information content (AvgIpc) is 2.63. The van der Waals surface area contributed by atoms with Crippen LogP contribution in [0.25, 0.3) is 11.3 Å². The predicted octanol–water partition coefficient (Wildman–Crippen LogP) is 3.37. The van der Waals surface area contributed by atoms with Crippen LogP contribution in [0.15, 0.2) is 73.2 Å². The van der Waals surface area contributed by atoms with Gasteiger partial charge in [-0.15, -0.1) is 17.0 Å². The third kappa shape index (κ3) is 4.12. The van der Waals surface area contributed by atoms with E-state index < -0.39 is 0 Å². The highest BCUT2D eigenvalue weighted by Crippen LogP contribution is 2.13. The average molecular weight is 381 g/mol. The van der Waals surface area contributed by atoms with Crippen molar-refractivity contribution < 1.29 is 9.36 Å². The van der Waals surface area contributed by atoms with Gasteiger partial charge in [-0.25, -0.2) is 4.57 Å². The topological polar surface area (TPSA) is 57.6 Å². The SMILES string of the molecule is Br.N#Cc1ccc(C(=O)C[n+]2ccc(-c3ccccc3)nc2)cc1. The number of benzene rings is 2. The van der Waals surface area contributed by atoms with E-state index in [2.05, 4.69) is 4.98 Å². The standard InChI is InChI=1S/C19H14N3O.BrH/c20-12-15-6-8-17(9-7-15)19(23)13-22-11-10-18(21-14-22)16-4-2-1-3-5-16;/h1-11,14H,13H2;1H/q+1;. The molecule has 0 fully saturated rings. The van der Waals surface area contributed by atoms with E-state index >= 15 is 0 Å². The van der Waals surface area contributed by atoms with Crippen LogP contribution in [0.2, 0.25) is 0 Å². The minimum Gasteiger partial charge on any atom is -0.290 e. The Kier molecular flexibility index (Phi) is 5.94. The summed E-state index contributed by atoms with van der Waals surface area (Å²) in [6.45, 7) is 0.216. The van der Waals surface area contributed by atoms with Gasteiger partial charge in [0.2, 0.25) is 5.78 Å². The highest BCUT2D eigenvalue weighted by molar-refractivity contribution is 8.93. The molecule has 0 atom stereocenters. The van der Waals surface area contributed by atoms with Gasteiger partial charge in [0.05, 0.1) is 17.8 Å². The Morgan fingerprint density at radius 1 is 1.04 bits per heavy atom. The third-order valence-electron chi connectivity index (χ3n) is 3.50. The Balaban J connectivity index is 0.00000208. The molecule has 24 heavy (non-hydrogen) atoms. The number of rotatable bonds is 4. The summed E-state index contributed by atoms with van der Waals surface area (Å²) in [7, 11) is 0. The van der Waals surface area contributed by atoms with Crippen molar-refractivity contribution in [1.82, 2.24) is 4.98 Å². The number of aromatic nitrogens is 2. The number of carbonyl (C=O) groups excluding carboxylic acids is 1. The van der Waals surface area contributed by atoms with Crippen LogP contribution in [-0.2, 0) is 6.54 Å². The minimum absolute atomic E-state index is 0. The maximum Gasteiger partial charge on any atom is 0.287 e. The van der Waals surface area contributed by atoms with Crippen molar-refractivity contribution >= 4 is 22.8 Å². The maximum absolute atomic E-state index is 12.2. The number of hydrogen-bond acceptors (Lipinski definition) is 3. The molecule has 3 aromatic rings. The van der Waals surface area contributed by atoms with Crippen LogP contribution in [0.3, 0.4) is 0 Å². The van der Waals surface area contributed by atoms with Gasteiger partial charge in [0.25, 0.3) is 6.33 Å². The third-order valence-corrected chi connectivity index (χ3v) is 3.50. The Morgan fingerprint density at radius 2 is 1.75 bits per heavy atom. The van der Waals surface area contributed by atoms with E-state index in [0.29, 0.717) is 11.1 Å². The van der Waals surface area contributed by atoms with E-state index in [1.54, 1.807) is 35.2 Å². The van der Waals surface area contributed by atoms with E-state index in [-0.39, 0.29) is 29.3 Å². The summed E-state index contributed by atoms with van der Waals surface area (Å²) in [5, 5.41) is 8.77. The summed E-state index contributed by atoms with van der Waals surface area (Å²) < 4.78 is 1.74. The van der Waals surface area contributed by atoms with E-state index in [1.165, 1.54) is 0 Å². The molecule has 0 radical (unpaired) electrons. The second-order valence-electron chi connectivity index (χ2n) is 5.10. The first-order valence-electron chi connectivity index (χ1n) is 7.20. The molecule has 0 N–H and O–H groups in total. The first-order valence-corrected chi connectivity index (χ1v) is 7.20. The minimum atomic E-state index is -0.0197. The predicted molar refractivity (Wildman–Crippen MR) is 95.7 cm³/mol. The zero-order chi connectivity index (χ0) is 16.1. The van der Waals surface area contributed by atoms with Gasteiger partial charge in [0, 0.05) is 17.2 Å². The molecular weight excluding hydrogens is 366 g/mol. The van der Waals surface area contributed by atoms with Gasteiger partial charge in [0.15, 0.2) is 12.2 Å². The molecule has 0 spiro atoms. The maximum atomic E-state index is 12.2. The first kappa shape index (κ1) is 17.5. The van der Waals surface area contributed by atoms with Crippen LogP contribution >= 0.6 is 17.0 Å². The van der Waals surface area contributed by atoms with E-state index in [9.17, 15) is 4.79 Å². The molecule has 0 aliphatic heterocycles. The van der Waals surface area contributed by atoms with Gasteiger partial charge in [-0.2, -0.15) is 5.26 Å². The first-order chi connectivity index (χ1) is 11.3. The molecule has 0 saturated heterocycles. The Bertz CT molecular complexity index is 854. The number of nitriles is 1. The molecule has 5 heteroatoms. The van der Waals surface area contributed by atoms with Crippen molar-refractivity contribution in [1.29, 1.82) is 5.26 Å². The zero-order valence-corrected chi connectivity index (χ0v) is 14.5. The van der Waals surface area contributed by atoms with Crippen LogP contribution in [0, 0.1) is 11.3 Å². The number of carbonyl (C=O) groups is 1. The lowest BCUT2D eigenvalue weighted by Gasteiger charge is -2.01. The second kappa shape index (κ2) is 8.14. The molecule has 0 bridgehead atoms. The van der Waals surface area contributed by atoms with Gasteiger partial charge in [-0.05, 0) is 29.2 Å². The molecule has 3 rings (SSSR count). The van der Waals surface area contributed by atoms with E-state index in [4.69, 9.17) is 5.26 Å². The van der Waals surface area contributed by atoms with Crippen molar-refractivity contribution in [3.8, 4) is 17.3 Å². The van der Waals surface area contributed by atoms with Crippen LogP contribution in [0.1, 0.15) is 15.9 Å². The Labute approximate surface area is 150 Å². The van der Waals surface area contributed by atoms with Crippen molar-refractivity contribution in [2.45, 2.75) is 6.54 Å². The second-order valence-corrected chi connectivity index (χ2v) is 5.10. The molecule has 2 aromatic carbocycles. The van der Waals surface area contributed by atoms with Crippen LogP contribution < -0.4 is 4.57 Å². The summed E-state index contributed by atoms with van der Waals surface area (Å²) in [5.41, 5.74) is 3.04. The Hall–Kier alpha value is -2.84. The van der Waals surface area contributed by atoms with Crippen molar-refractivity contribution in [2.75, 3.05) is 0 Å². The quantitative estimate of drug-likeness (QED) is 0.514.